The number of hydrogen-bond donors (Lipinski definition) is 6. The first-order valence-corrected chi connectivity index (χ1v) is 36.9. The second kappa shape index (κ2) is 33.4. The van der Waals surface area contributed by atoms with Crippen molar-refractivity contribution in [3.8, 4) is 85.2 Å². The second-order valence-corrected chi connectivity index (χ2v) is 31.1. The van der Waals surface area contributed by atoms with E-state index < -0.39 is 8.32 Å². The first-order valence-electron chi connectivity index (χ1n) is 29.7. The fourth-order valence-electron chi connectivity index (χ4n) is 8.64. The summed E-state index contributed by atoms with van der Waals surface area (Å²) in [5.74, 6) is 3.00. The number of benzene rings is 5. The molecule has 0 fully saturated rings. The van der Waals surface area contributed by atoms with E-state index in [2.05, 4.69) is 98.0 Å². The number of nitrogens with two attached hydrogens (primary N) is 2. The summed E-state index contributed by atoms with van der Waals surface area (Å²) < 4.78 is 26.6. The van der Waals surface area contributed by atoms with Crippen LogP contribution in [0.4, 0.5) is 11.6 Å². The molecule has 0 saturated carbocycles. The van der Waals surface area contributed by atoms with Crippen LogP contribution in [-0.2, 0) is 22.4 Å². The maximum Gasteiger partial charge on any atom is 0.250 e. The van der Waals surface area contributed by atoms with Gasteiger partial charge in [-0.15, -0.1) is 11.3 Å². The summed E-state index contributed by atoms with van der Waals surface area (Å²) in [6, 6.07) is 43.6. The number of Topliss-reactive ketones (excluding diaryl/α,β-unsaturated/α-hetero) is 1. The summed E-state index contributed by atoms with van der Waals surface area (Å²) in [7, 11) is -1.81. The summed E-state index contributed by atoms with van der Waals surface area (Å²) in [6.45, 7) is 19.5. The first kappa shape index (κ1) is 71.1. The van der Waals surface area contributed by atoms with Crippen LogP contribution in [0.15, 0.2) is 195 Å². The number of ether oxygens (including phenoxy) is 1. The normalized spacial score (nSPS) is 11.4. The Morgan fingerprint density at radius 2 is 1.13 bits per heavy atom. The Hall–Kier alpha value is -8.78. The lowest BCUT2D eigenvalue weighted by Crippen LogP contribution is -2.43. The number of ketones is 1. The number of hydrogen-bond acceptors (Lipinski definition) is 20. The standard InChI is InChI=1S/C23H17N3O3S.C18H30O3Si.C15H13N3S.C11H10BrN3.C4H4O2S2/c27-17-5-1-14(2-6-17)11-19-23(29)26-12-20(15-3-7-18(28)8-4-15)24-21(22(26)25-19)16-9-10-30-13-16;1-8-20-14(2)17(19)13-15-9-11-16(12-10-15)21-22(6,7)18(3,4)5;1-10-2-4-11(5-3-10)13-8-17-15(16)14(18-13)12-6-7-19-9-12;1-7-2-4-8(5-3-7)9-6-14-11(13)10(12)15-9;5-8-6-4-1-2-7-3-4/h1-10,12-13,27-29H,11H2;9-12,14H,8,13H2,1-7H3;2-9H,1H3,(H2,16,17);2-6H,1H3,(H2,13,14);1-3,5H. The molecule has 5 aromatic carbocycles. The van der Waals surface area contributed by atoms with Crippen LogP contribution in [0.5, 0.6) is 28.9 Å². The number of imidazole rings is 1. The average molecular weight is 1420 g/mol. The highest BCUT2D eigenvalue weighted by molar-refractivity contribution is 9.10. The van der Waals surface area contributed by atoms with Gasteiger partial charge in [-0.25, -0.2) is 29.9 Å². The van der Waals surface area contributed by atoms with E-state index in [9.17, 15) is 20.1 Å². The van der Waals surface area contributed by atoms with E-state index in [-0.39, 0.29) is 34.3 Å². The average Bonchev–Trinajstić information content (AvgIpc) is 1.60. The van der Waals surface area contributed by atoms with Gasteiger partial charge in [0.15, 0.2) is 23.0 Å². The molecule has 17 nitrogen and oxygen atoms in total. The SMILES string of the molecule is CCOC(C)C(=O)Cc1ccc(O[Si](C)(C)C(C)(C)C)cc1.Cc1ccc(-c2cnc(N)c(-c3ccsc3)n2)cc1.Cc1ccc(-c2cnc(N)c(Br)n2)cc1.OSOc1ccsc1.Oc1ccc(Cc2nc3c(-c4ccsc4)nc(-c4ccc(O)cc4)cn3c2O)cc1. The van der Waals surface area contributed by atoms with Crippen molar-refractivity contribution in [1.29, 1.82) is 0 Å². The van der Waals surface area contributed by atoms with E-state index in [1.807, 2.05) is 119 Å². The number of nitrogen functional groups attached to an aromatic ring is 2. The van der Waals surface area contributed by atoms with Crippen LogP contribution in [0.2, 0.25) is 18.1 Å². The number of aryl methyl sites for hydroxylation is 2. The first-order chi connectivity index (χ1) is 45.0. The molecule has 0 amide bonds. The number of phenolic OH excluding ortho intramolecular Hbond substituents is 2. The Bertz CT molecular complexity index is 4330. The smallest absolute Gasteiger partial charge is 0.250 e. The lowest BCUT2D eigenvalue weighted by molar-refractivity contribution is -0.128. The molecule has 12 aromatic rings. The Labute approximate surface area is 573 Å². The molecule has 8 N–H and O–H groups in total. The molecular formula is C71H74BrN9O8S4Si. The van der Waals surface area contributed by atoms with Gasteiger partial charge in [-0.2, -0.15) is 22.7 Å². The zero-order chi connectivity index (χ0) is 67.5. The van der Waals surface area contributed by atoms with Gasteiger partial charge in [0.05, 0.1) is 29.5 Å². The molecule has 1 unspecified atom stereocenters. The lowest BCUT2D eigenvalue weighted by Gasteiger charge is -2.36. The van der Waals surface area contributed by atoms with Crippen molar-refractivity contribution in [2.45, 2.75) is 85.5 Å². The molecule has 0 radical (unpaired) electrons. The number of anilines is 2. The summed E-state index contributed by atoms with van der Waals surface area (Å²) in [4.78, 5) is 38.7. The van der Waals surface area contributed by atoms with Crippen molar-refractivity contribution in [1.82, 2.24) is 34.3 Å². The van der Waals surface area contributed by atoms with Crippen LogP contribution in [0, 0.1) is 13.8 Å². The highest BCUT2D eigenvalue weighted by Gasteiger charge is 2.39. The summed E-state index contributed by atoms with van der Waals surface area (Å²) >= 11 is 8.34. The Kier molecular flexibility index (Phi) is 25.2. The van der Waals surface area contributed by atoms with Gasteiger partial charge in [0.25, 0.3) is 0 Å². The van der Waals surface area contributed by atoms with Crippen molar-refractivity contribution in [3.63, 3.8) is 0 Å². The Balaban J connectivity index is 0.000000158. The Morgan fingerprint density at radius 1 is 0.628 bits per heavy atom. The number of thiophene rings is 3. The summed E-state index contributed by atoms with van der Waals surface area (Å²) in [5.41, 5.74) is 25.5. The van der Waals surface area contributed by atoms with Crippen molar-refractivity contribution >= 4 is 93.6 Å². The quantitative estimate of drug-likeness (QED) is 0.0388. The molecule has 0 spiro atoms. The number of rotatable bonds is 16. The summed E-state index contributed by atoms with van der Waals surface area (Å²) in [6.07, 6.45) is 5.63. The van der Waals surface area contributed by atoms with Crippen LogP contribution in [-0.4, -0.2) is 81.0 Å². The van der Waals surface area contributed by atoms with Gasteiger partial charge in [0.2, 0.25) is 26.5 Å². The molecule has 12 rings (SSSR count). The van der Waals surface area contributed by atoms with Gasteiger partial charge in [0, 0.05) is 69.6 Å². The molecule has 23 heteroatoms. The third kappa shape index (κ3) is 19.9. The zero-order valence-electron chi connectivity index (χ0n) is 53.4. The lowest BCUT2D eigenvalue weighted by atomic mass is 10.1. The van der Waals surface area contributed by atoms with E-state index >= 15 is 0 Å². The molecule has 0 aliphatic heterocycles. The monoisotopic (exact) mass is 1420 g/mol. The third-order valence-corrected chi connectivity index (χ3v) is 22.2. The largest absolute Gasteiger partial charge is 0.544 e. The van der Waals surface area contributed by atoms with Gasteiger partial charge in [-0.1, -0.05) is 105 Å². The molecule has 0 bridgehead atoms. The van der Waals surface area contributed by atoms with Gasteiger partial charge in [0.1, 0.15) is 50.9 Å². The minimum absolute atomic E-state index is 0.0528. The number of phenols is 2. The van der Waals surface area contributed by atoms with Crippen LogP contribution in [0.3, 0.4) is 0 Å². The van der Waals surface area contributed by atoms with Gasteiger partial charge >= 0.3 is 0 Å². The van der Waals surface area contributed by atoms with E-state index in [4.69, 9.17) is 30.2 Å². The van der Waals surface area contributed by atoms with E-state index in [1.165, 1.54) is 22.5 Å². The van der Waals surface area contributed by atoms with E-state index in [0.717, 1.165) is 61.8 Å². The fourth-order valence-corrected chi connectivity index (χ4v) is 12.0. The number of carbonyl (C=O) groups excluding carboxylic acids is 1. The maximum absolute atomic E-state index is 12.0. The molecule has 94 heavy (non-hydrogen) atoms. The van der Waals surface area contributed by atoms with E-state index in [0.29, 0.717) is 76.5 Å². The van der Waals surface area contributed by atoms with Gasteiger partial charge < -0.3 is 40.1 Å². The number of carbonyl (C=O) groups is 1. The van der Waals surface area contributed by atoms with Crippen LogP contribution in [0.1, 0.15) is 62.6 Å². The van der Waals surface area contributed by atoms with Crippen molar-refractivity contribution < 1.29 is 38.0 Å². The number of aromatic nitrogens is 7. The fraction of sp³-hybridized carbons (Fsp3) is 0.197. The minimum Gasteiger partial charge on any atom is -0.544 e. The highest BCUT2D eigenvalue weighted by atomic mass is 79.9. The maximum atomic E-state index is 12.0. The second-order valence-electron chi connectivity index (χ2n) is 23.0. The van der Waals surface area contributed by atoms with Crippen molar-refractivity contribution in [2.24, 2.45) is 0 Å². The predicted molar refractivity (Wildman–Crippen MR) is 389 cm³/mol. The van der Waals surface area contributed by atoms with Crippen molar-refractivity contribution in [3.05, 3.63) is 223 Å². The molecule has 7 heterocycles. The molecule has 7 aromatic heterocycles. The highest BCUT2D eigenvalue weighted by Crippen LogP contribution is 2.38. The molecule has 1 atom stereocenters. The topological polar surface area (TPSA) is 259 Å². The summed E-state index contributed by atoms with van der Waals surface area (Å²) in [5, 5.41) is 41.9. The van der Waals surface area contributed by atoms with Gasteiger partial charge in [-0.05, 0) is 156 Å². The minimum atomic E-state index is -1.81. The van der Waals surface area contributed by atoms with Crippen LogP contribution >= 0.6 is 62.3 Å². The third-order valence-electron chi connectivity index (χ3n) is 14.9. The molecule has 0 aliphatic carbocycles. The van der Waals surface area contributed by atoms with Crippen LogP contribution < -0.4 is 20.1 Å². The number of aromatic hydroxyl groups is 3. The molecule has 0 saturated heterocycles. The molecule has 0 aliphatic rings. The number of halogens is 1. The molecular weight excluding hydrogens is 1340 g/mol. The molecule has 486 valence electrons. The van der Waals surface area contributed by atoms with Crippen molar-refractivity contribution in [2.75, 3.05) is 18.1 Å². The zero-order valence-corrected chi connectivity index (χ0v) is 59.2. The predicted octanol–water partition coefficient (Wildman–Crippen LogP) is 18.2. The van der Waals surface area contributed by atoms with Gasteiger partial charge in [-0.3, -0.25) is 13.7 Å². The van der Waals surface area contributed by atoms with Crippen LogP contribution in [0.25, 0.3) is 61.9 Å². The number of nitrogens with zero attached hydrogens (tertiary/aromatic N) is 7. The Morgan fingerprint density at radius 3 is 1.65 bits per heavy atom. The number of fused-ring (bicyclic) bond motifs is 1. The van der Waals surface area contributed by atoms with E-state index in [1.54, 1.807) is 107 Å².